The minimum Gasteiger partial charge on any atom is -0.362 e. The Bertz CT molecular complexity index is 510. The van der Waals surface area contributed by atoms with Gasteiger partial charge in [0.25, 0.3) is 0 Å². The van der Waals surface area contributed by atoms with Gasteiger partial charge in [-0.15, -0.1) is 11.3 Å². The summed E-state index contributed by atoms with van der Waals surface area (Å²) in [4.78, 5) is 10.1. The van der Waals surface area contributed by atoms with Crippen LogP contribution in [-0.4, -0.2) is 17.0 Å². The Morgan fingerprint density at radius 2 is 2.21 bits per heavy atom. The maximum Gasteiger partial charge on any atom is 0.224 e. The second-order valence-electron chi connectivity index (χ2n) is 4.47. The van der Waals surface area contributed by atoms with Gasteiger partial charge in [0.1, 0.15) is 5.82 Å². The lowest BCUT2D eigenvalue weighted by molar-refractivity contribution is 0.684. The minimum atomic E-state index is 0.323. The van der Waals surface area contributed by atoms with E-state index < -0.39 is 0 Å². The first-order valence-electron chi connectivity index (χ1n) is 6.56. The Morgan fingerprint density at radius 1 is 1.37 bits per heavy atom. The molecule has 4 nitrogen and oxygen atoms in total. The van der Waals surface area contributed by atoms with Crippen LogP contribution >= 0.6 is 11.3 Å². The van der Waals surface area contributed by atoms with Crippen molar-refractivity contribution in [2.45, 2.75) is 32.7 Å². The summed E-state index contributed by atoms with van der Waals surface area (Å²) in [5.74, 6) is 1.53. The molecular formula is C14H20N4S. The van der Waals surface area contributed by atoms with Crippen LogP contribution in [-0.2, 0) is 0 Å². The zero-order valence-corrected chi connectivity index (χ0v) is 12.4. The molecule has 1 atom stereocenters. The van der Waals surface area contributed by atoms with Crippen LogP contribution in [0.4, 0.5) is 11.8 Å². The predicted molar refractivity (Wildman–Crippen MR) is 81.9 cm³/mol. The highest BCUT2D eigenvalue weighted by molar-refractivity contribution is 7.10. The molecule has 1 unspecified atom stereocenters. The summed E-state index contributed by atoms with van der Waals surface area (Å²) in [6.07, 6.45) is 2.23. The monoisotopic (exact) mass is 276 g/mol. The smallest absolute Gasteiger partial charge is 0.224 e. The summed E-state index contributed by atoms with van der Waals surface area (Å²) in [5, 5.41) is 8.62. The van der Waals surface area contributed by atoms with Gasteiger partial charge in [-0.05, 0) is 24.8 Å². The molecule has 5 heteroatoms. The molecule has 2 N–H and O–H groups in total. The van der Waals surface area contributed by atoms with Crippen molar-refractivity contribution in [1.82, 2.24) is 9.97 Å². The lowest BCUT2D eigenvalue weighted by Crippen LogP contribution is -2.11. The second-order valence-corrected chi connectivity index (χ2v) is 5.45. The molecule has 0 aliphatic carbocycles. The highest BCUT2D eigenvalue weighted by Crippen LogP contribution is 2.27. The van der Waals surface area contributed by atoms with Crippen molar-refractivity contribution in [2.24, 2.45) is 0 Å². The van der Waals surface area contributed by atoms with Crippen LogP contribution in [0.2, 0.25) is 0 Å². The molecule has 0 amide bonds. The van der Waals surface area contributed by atoms with E-state index in [2.05, 4.69) is 45.0 Å². The number of nitrogens with zero attached hydrogens (tertiary/aromatic N) is 2. The van der Waals surface area contributed by atoms with Crippen LogP contribution < -0.4 is 10.6 Å². The van der Waals surface area contributed by atoms with Gasteiger partial charge in [-0.2, -0.15) is 4.98 Å². The molecule has 2 aromatic rings. The summed E-state index contributed by atoms with van der Waals surface area (Å²) in [7, 11) is 1.83. The third-order valence-corrected chi connectivity index (χ3v) is 3.85. The van der Waals surface area contributed by atoms with Gasteiger partial charge in [0.15, 0.2) is 0 Å². The van der Waals surface area contributed by atoms with E-state index >= 15 is 0 Å². The average Bonchev–Trinajstić information content (AvgIpc) is 2.91. The first-order valence-corrected chi connectivity index (χ1v) is 7.44. The Morgan fingerprint density at radius 3 is 2.84 bits per heavy atom. The fourth-order valence-electron chi connectivity index (χ4n) is 2.00. The number of anilines is 2. The van der Waals surface area contributed by atoms with E-state index in [1.54, 1.807) is 11.3 Å². The fraction of sp³-hybridized carbons (Fsp3) is 0.429. The zero-order valence-electron chi connectivity index (χ0n) is 11.6. The molecule has 2 heterocycles. The Balaban J connectivity index is 2.19. The fourth-order valence-corrected chi connectivity index (χ4v) is 2.81. The van der Waals surface area contributed by atoms with Gasteiger partial charge in [0, 0.05) is 23.7 Å². The third-order valence-electron chi connectivity index (χ3n) is 2.86. The molecule has 0 aromatic carbocycles. The standard InChI is InChI=1S/C14H20N4S/c1-4-6-11(12-7-5-8-19-12)17-13-9-10(2)16-14(15-3)18-13/h5,7-9,11H,4,6H2,1-3H3,(H2,15,16,17,18). The molecular weight excluding hydrogens is 256 g/mol. The largest absolute Gasteiger partial charge is 0.362 e. The predicted octanol–water partition coefficient (Wildman–Crippen LogP) is 3.84. The van der Waals surface area contributed by atoms with Crippen LogP contribution in [0.25, 0.3) is 0 Å². The van der Waals surface area contributed by atoms with E-state index in [-0.39, 0.29) is 0 Å². The molecule has 19 heavy (non-hydrogen) atoms. The van der Waals surface area contributed by atoms with E-state index in [0.717, 1.165) is 24.4 Å². The molecule has 0 fully saturated rings. The summed E-state index contributed by atoms with van der Waals surface area (Å²) in [6, 6.07) is 6.57. The Kier molecular flexibility index (Phi) is 4.74. The number of aromatic nitrogens is 2. The van der Waals surface area contributed by atoms with Crippen LogP contribution in [0.1, 0.15) is 36.4 Å². The van der Waals surface area contributed by atoms with Crippen molar-refractivity contribution in [2.75, 3.05) is 17.7 Å². The van der Waals surface area contributed by atoms with Crippen LogP contribution in [0.15, 0.2) is 23.6 Å². The van der Waals surface area contributed by atoms with Gasteiger partial charge in [-0.1, -0.05) is 19.4 Å². The van der Waals surface area contributed by atoms with Gasteiger partial charge in [0.2, 0.25) is 5.95 Å². The number of hydrogen-bond acceptors (Lipinski definition) is 5. The summed E-state index contributed by atoms with van der Waals surface area (Å²) >= 11 is 1.78. The van der Waals surface area contributed by atoms with E-state index in [4.69, 9.17) is 0 Å². The summed E-state index contributed by atoms with van der Waals surface area (Å²) < 4.78 is 0. The van der Waals surface area contributed by atoms with Crippen molar-refractivity contribution in [3.63, 3.8) is 0 Å². The molecule has 0 aliphatic rings. The molecule has 0 bridgehead atoms. The normalized spacial score (nSPS) is 12.2. The van der Waals surface area contributed by atoms with Crippen molar-refractivity contribution >= 4 is 23.1 Å². The van der Waals surface area contributed by atoms with E-state index in [1.165, 1.54) is 4.88 Å². The Hall–Kier alpha value is -1.62. The molecule has 2 rings (SSSR count). The van der Waals surface area contributed by atoms with E-state index in [0.29, 0.717) is 12.0 Å². The molecule has 0 aliphatic heterocycles. The first-order chi connectivity index (χ1) is 9.22. The topological polar surface area (TPSA) is 49.8 Å². The molecule has 0 saturated heterocycles. The van der Waals surface area contributed by atoms with Gasteiger partial charge in [-0.25, -0.2) is 4.98 Å². The lowest BCUT2D eigenvalue weighted by Gasteiger charge is -2.18. The number of thiophene rings is 1. The second kappa shape index (κ2) is 6.52. The third kappa shape index (κ3) is 3.67. The van der Waals surface area contributed by atoms with E-state index in [9.17, 15) is 0 Å². The highest BCUT2D eigenvalue weighted by atomic mass is 32.1. The van der Waals surface area contributed by atoms with Crippen molar-refractivity contribution in [3.05, 3.63) is 34.2 Å². The van der Waals surface area contributed by atoms with Crippen LogP contribution in [0.3, 0.4) is 0 Å². The summed E-state index contributed by atoms with van der Waals surface area (Å²) in [6.45, 7) is 4.18. The highest BCUT2D eigenvalue weighted by Gasteiger charge is 2.12. The number of aryl methyl sites for hydroxylation is 1. The minimum absolute atomic E-state index is 0.323. The Labute approximate surface area is 118 Å². The quantitative estimate of drug-likeness (QED) is 0.841. The van der Waals surface area contributed by atoms with Crippen molar-refractivity contribution in [3.8, 4) is 0 Å². The van der Waals surface area contributed by atoms with E-state index in [1.807, 2.05) is 20.0 Å². The number of nitrogens with one attached hydrogen (secondary N) is 2. The zero-order chi connectivity index (χ0) is 13.7. The lowest BCUT2D eigenvalue weighted by atomic mass is 10.1. The summed E-state index contributed by atoms with van der Waals surface area (Å²) in [5.41, 5.74) is 0.961. The maximum atomic E-state index is 4.46. The van der Waals surface area contributed by atoms with Gasteiger partial charge < -0.3 is 10.6 Å². The number of rotatable bonds is 6. The van der Waals surface area contributed by atoms with Crippen molar-refractivity contribution < 1.29 is 0 Å². The maximum absolute atomic E-state index is 4.46. The molecule has 102 valence electrons. The van der Waals surface area contributed by atoms with Crippen LogP contribution in [0, 0.1) is 6.92 Å². The van der Waals surface area contributed by atoms with Crippen molar-refractivity contribution in [1.29, 1.82) is 0 Å². The molecule has 0 radical (unpaired) electrons. The van der Waals surface area contributed by atoms with Crippen LogP contribution in [0.5, 0.6) is 0 Å². The average molecular weight is 276 g/mol. The molecule has 2 aromatic heterocycles. The SMILES string of the molecule is CCCC(Nc1cc(C)nc(NC)n1)c1cccs1. The number of hydrogen-bond donors (Lipinski definition) is 2. The van der Waals surface area contributed by atoms with Gasteiger partial charge in [0.05, 0.1) is 6.04 Å². The van der Waals surface area contributed by atoms with Gasteiger partial charge >= 0.3 is 0 Å². The first kappa shape index (κ1) is 13.8. The molecule has 0 saturated carbocycles. The molecule has 0 spiro atoms. The van der Waals surface area contributed by atoms with Gasteiger partial charge in [-0.3, -0.25) is 0 Å².